The van der Waals surface area contributed by atoms with E-state index in [2.05, 4.69) is 5.32 Å². The molecule has 0 spiro atoms. The number of aliphatic hydroxyl groups is 1. The van der Waals surface area contributed by atoms with Gasteiger partial charge in [0.1, 0.15) is 12.4 Å². The second kappa shape index (κ2) is 3.67. The van der Waals surface area contributed by atoms with Crippen molar-refractivity contribution < 1.29 is 14.6 Å². The minimum Gasteiger partial charge on any atom is -0.491 e. The van der Waals surface area contributed by atoms with E-state index in [1.165, 1.54) is 0 Å². The van der Waals surface area contributed by atoms with Crippen LogP contribution in [0.25, 0.3) is 0 Å². The Morgan fingerprint density at radius 1 is 1.50 bits per heavy atom. The van der Waals surface area contributed by atoms with Gasteiger partial charge < -0.3 is 15.2 Å². The highest BCUT2D eigenvalue weighted by Crippen LogP contribution is 2.26. The zero-order valence-electron chi connectivity index (χ0n) is 7.62. The molecule has 1 aliphatic rings. The number of amides is 1. The lowest BCUT2D eigenvalue weighted by molar-refractivity contribution is -0.115. The number of aliphatic hydroxyl groups excluding tert-OH is 1. The summed E-state index contributed by atoms with van der Waals surface area (Å²) in [6.07, 6.45) is 0.408. The predicted octanol–water partition coefficient (Wildman–Crippen LogP) is 0.552. The maximum Gasteiger partial charge on any atom is 0.228 e. The van der Waals surface area contributed by atoms with Crippen LogP contribution in [0, 0.1) is 0 Å². The summed E-state index contributed by atoms with van der Waals surface area (Å²) < 4.78 is 5.23. The highest BCUT2D eigenvalue weighted by Gasteiger charge is 2.17. The summed E-state index contributed by atoms with van der Waals surface area (Å²) in [6, 6.07) is 5.41. The van der Waals surface area contributed by atoms with Gasteiger partial charge in [0.05, 0.1) is 13.0 Å². The molecular weight excluding hydrogens is 182 g/mol. The number of ether oxygens (including phenoxy) is 1. The van der Waals surface area contributed by atoms with Gasteiger partial charge in [0.15, 0.2) is 0 Å². The lowest BCUT2D eigenvalue weighted by atomic mass is 10.1. The molecule has 0 saturated carbocycles. The Kier molecular flexibility index (Phi) is 2.37. The van der Waals surface area contributed by atoms with Crippen molar-refractivity contribution in [2.75, 3.05) is 18.5 Å². The fraction of sp³-hybridized carbons (Fsp3) is 0.300. The highest BCUT2D eigenvalue weighted by atomic mass is 16.5. The van der Waals surface area contributed by atoms with Gasteiger partial charge in [-0.1, -0.05) is 0 Å². The molecule has 74 valence electrons. The van der Waals surface area contributed by atoms with Gasteiger partial charge in [-0.05, 0) is 23.8 Å². The van der Waals surface area contributed by atoms with Crippen LogP contribution in [0.1, 0.15) is 5.56 Å². The first-order valence-electron chi connectivity index (χ1n) is 4.46. The minimum absolute atomic E-state index is 0.00569. The molecule has 0 atom stereocenters. The molecule has 4 heteroatoms. The third-order valence-corrected chi connectivity index (χ3v) is 2.06. The Bertz CT molecular complexity index is 362. The molecule has 1 aromatic rings. The van der Waals surface area contributed by atoms with Crippen LogP contribution in [0.4, 0.5) is 5.69 Å². The standard InChI is InChI=1S/C10H11NO3/c12-3-4-14-8-1-2-9-7(5-8)6-10(13)11-9/h1-2,5,12H,3-4,6H2,(H,11,13). The average Bonchev–Trinajstić information content (AvgIpc) is 2.54. The van der Waals surface area contributed by atoms with Gasteiger partial charge >= 0.3 is 0 Å². The normalized spacial score (nSPS) is 13.6. The zero-order valence-corrected chi connectivity index (χ0v) is 7.62. The summed E-state index contributed by atoms with van der Waals surface area (Å²) in [7, 11) is 0. The van der Waals surface area contributed by atoms with Crippen molar-refractivity contribution in [1.82, 2.24) is 0 Å². The van der Waals surface area contributed by atoms with E-state index < -0.39 is 0 Å². The number of hydrogen-bond acceptors (Lipinski definition) is 3. The van der Waals surface area contributed by atoms with E-state index in [0.717, 1.165) is 11.3 Å². The first kappa shape index (κ1) is 9.02. The van der Waals surface area contributed by atoms with Crippen LogP contribution >= 0.6 is 0 Å². The molecule has 1 heterocycles. The summed E-state index contributed by atoms with van der Waals surface area (Å²) >= 11 is 0. The van der Waals surface area contributed by atoms with E-state index in [0.29, 0.717) is 12.2 Å². The van der Waals surface area contributed by atoms with Gasteiger partial charge in [0, 0.05) is 5.69 Å². The van der Waals surface area contributed by atoms with E-state index in [1.54, 1.807) is 6.07 Å². The number of carbonyl (C=O) groups is 1. The molecule has 2 rings (SSSR count). The molecule has 14 heavy (non-hydrogen) atoms. The smallest absolute Gasteiger partial charge is 0.228 e. The van der Waals surface area contributed by atoms with Crippen LogP contribution in [0.3, 0.4) is 0 Å². The molecule has 4 nitrogen and oxygen atoms in total. The maximum atomic E-state index is 11.0. The van der Waals surface area contributed by atoms with Gasteiger partial charge in [0.2, 0.25) is 5.91 Å². The first-order chi connectivity index (χ1) is 6.79. The maximum absolute atomic E-state index is 11.0. The first-order valence-corrected chi connectivity index (χ1v) is 4.46. The fourth-order valence-electron chi connectivity index (χ4n) is 1.46. The molecule has 1 amide bonds. The van der Waals surface area contributed by atoms with E-state index in [1.807, 2.05) is 12.1 Å². The number of anilines is 1. The SMILES string of the molecule is O=C1Cc2cc(OCCO)ccc2N1. The van der Waals surface area contributed by atoms with Crippen molar-refractivity contribution in [2.24, 2.45) is 0 Å². The van der Waals surface area contributed by atoms with Crippen molar-refractivity contribution in [3.63, 3.8) is 0 Å². The largest absolute Gasteiger partial charge is 0.491 e. The van der Waals surface area contributed by atoms with E-state index in [-0.39, 0.29) is 19.1 Å². The number of fused-ring (bicyclic) bond motifs is 1. The predicted molar refractivity (Wildman–Crippen MR) is 51.4 cm³/mol. The second-order valence-corrected chi connectivity index (χ2v) is 3.12. The number of rotatable bonds is 3. The molecule has 0 unspecified atom stereocenters. The Labute approximate surface area is 81.5 Å². The fourth-order valence-corrected chi connectivity index (χ4v) is 1.46. The summed E-state index contributed by atoms with van der Waals surface area (Å²) in [5.74, 6) is 0.702. The van der Waals surface area contributed by atoms with Crippen LogP contribution in [0.15, 0.2) is 18.2 Å². The number of nitrogens with one attached hydrogen (secondary N) is 1. The lowest BCUT2D eigenvalue weighted by Crippen LogP contribution is -2.03. The van der Waals surface area contributed by atoms with Crippen molar-refractivity contribution in [1.29, 1.82) is 0 Å². The molecule has 0 saturated heterocycles. The third kappa shape index (κ3) is 1.70. The minimum atomic E-state index is -0.00569. The van der Waals surface area contributed by atoms with E-state index in [9.17, 15) is 4.79 Å². The topological polar surface area (TPSA) is 58.6 Å². The van der Waals surface area contributed by atoms with Gasteiger partial charge in [0.25, 0.3) is 0 Å². The molecule has 1 aromatic carbocycles. The van der Waals surface area contributed by atoms with Crippen LogP contribution in [-0.4, -0.2) is 24.2 Å². The van der Waals surface area contributed by atoms with Crippen LogP contribution in [0.2, 0.25) is 0 Å². The number of carbonyl (C=O) groups excluding carboxylic acids is 1. The lowest BCUT2D eigenvalue weighted by Gasteiger charge is -2.05. The molecular formula is C10H11NO3. The summed E-state index contributed by atoms with van der Waals surface area (Å²) in [4.78, 5) is 11.0. The van der Waals surface area contributed by atoms with Crippen molar-refractivity contribution in [3.05, 3.63) is 23.8 Å². The van der Waals surface area contributed by atoms with Crippen molar-refractivity contribution in [2.45, 2.75) is 6.42 Å². The van der Waals surface area contributed by atoms with Gasteiger partial charge in [-0.3, -0.25) is 4.79 Å². The second-order valence-electron chi connectivity index (χ2n) is 3.12. The summed E-state index contributed by atoms with van der Waals surface area (Å²) in [5.41, 5.74) is 1.80. The third-order valence-electron chi connectivity index (χ3n) is 2.06. The quantitative estimate of drug-likeness (QED) is 0.737. The molecule has 0 fully saturated rings. The summed E-state index contributed by atoms with van der Waals surface area (Å²) in [6.45, 7) is 0.272. The molecule has 0 aliphatic carbocycles. The van der Waals surface area contributed by atoms with Crippen LogP contribution in [0.5, 0.6) is 5.75 Å². The van der Waals surface area contributed by atoms with E-state index >= 15 is 0 Å². The number of benzene rings is 1. The number of hydrogen-bond donors (Lipinski definition) is 2. The Morgan fingerprint density at radius 3 is 3.14 bits per heavy atom. The molecule has 2 N–H and O–H groups in total. The van der Waals surface area contributed by atoms with Gasteiger partial charge in [-0.25, -0.2) is 0 Å². The zero-order chi connectivity index (χ0) is 9.97. The Hall–Kier alpha value is -1.55. The highest BCUT2D eigenvalue weighted by molar-refractivity contribution is 5.99. The Morgan fingerprint density at radius 2 is 2.36 bits per heavy atom. The molecule has 0 radical (unpaired) electrons. The van der Waals surface area contributed by atoms with Gasteiger partial charge in [-0.15, -0.1) is 0 Å². The van der Waals surface area contributed by atoms with Gasteiger partial charge in [-0.2, -0.15) is 0 Å². The van der Waals surface area contributed by atoms with Crippen molar-refractivity contribution >= 4 is 11.6 Å². The Balaban J connectivity index is 2.16. The van der Waals surface area contributed by atoms with E-state index in [4.69, 9.17) is 9.84 Å². The average molecular weight is 193 g/mol. The van der Waals surface area contributed by atoms with Crippen LogP contribution < -0.4 is 10.1 Å². The summed E-state index contributed by atoms with van der Waals surface area (Å²) in [5, 5.41) is 11.3. The monoisotopic (exact) mass is 193 g/mol. The molecule has 0 aromatic heterocycles. The van der Waals surface area contributed by atoms with Crippen molar-refractivity contribution in [3.8, 4) is 5.75 Å². The molecule has 0 bridgehead atoms. The molecule has 1 aliphatic heterocycles. The van der Waals surface area contributed by atoms with Crippen LogP contribution in [-0.2, 0) is 11.2 Å².